The summed E-state index contributed by atoms with van der Waals surface area (Å²) in [5.41, 5.74) is -0.282. The molecule has 0 saturated carbocycles. The molecule has 1 aromatic carbocycles. The highest BCUT2D eigenvalue weighted by molar-refractivity contribution is 5.91. The minimum absolute atomic E-state index is 0.0877. The molecule has 372 valence electrons. The molecular weight excluding hydrogens is 904 g/mol. The van der Waals surface area contributed by atoms with Crippen molar-refractivity contribution in [3.63, 3.8) is 0 Å². The van der Waals surface area contributed by atoms with Gasteiger partial charge < -0.3 is 104 Å². The Kier molecular flexibility index (Phi) is 19.0. The highest BCUT2D eigenvalue weighted by atomic mass is 16.8. The van der Waals surface area contributed by atoms with Gasteiger partial charge in [0.1, 0.15) is 55.4 Å². The first-order chi connectivity index (χ1) is 32.0. The second-order valence-electron chi connectivity index (χ2n) is 15.3. The smallest absolute Gasteiger partial charge is 0.337 e. The van der Waals surface area contributed by atoms with Gasteiger partial charge in [-0.25, -0.2) is 9.59 Å². The molecular formula is C42H54O25. The van der Waals surface area contributed by atoms with Crippen LogP contribution in [0.15, 0.2) is 65.2 Å². The number of phenols is 2. The zero-order chi connectivity index (χ0) is 49.1. The van der Waals surface area contributed by atoms with Gasteiger partial charge in [-0.15, -0.1) is 0 Å². The van der Waals surface area contributed by atoms with E-state index in [1.165, 1.54) is 18.2 Å². The number of methoxy groups -OCH3 is 2. The molecule has 0 aromatic heterocycles. The lowest BCUT2D eigenvalue weighted by molar-refractivity contribution is -0.328. The quantitative estimate of drug-likeness (QED) is 0.0289. The van der Waals surface area contributed by atoms with Crippen molar-refractivity contribution >= 4 is 23.9 Å². The lowest BCUT2D eigenvalue weighted by atomic mass is 9.86. The van der Waals surface area contributed by atoms with Gasteiger partial charge >= 0.3 is 23.9 Å². The van der Waals surface area contributed by atoms with E-state index in [0.717, 1.165) is 38.9 Å². The highest BCUT2D eigenvalue weighted by Crippen LogP contribution is 2.38. The van der Waals surface area contributed by atoms with Crippen LogP contribution in [0.25, 0.3) is 0 Å². The Morgan fingerprint density at radius 3 is 1.55 bits per heavy atom. The van der Waals surface area contributed by atoms with E-state index < -0.39 is 155 Å². The number of aliphatic hydroxyl groups excluding tert-OH is 9. The van der Waals surface area contributed by atoms with Crippen LogP contribution in [-0.2, 0) is 73.0 Å². The van der Waals surface area contributed by atoms with Gasteiger partial charge in [-0.1, -0.05) is 12.1 Å². The summed E-state index contributed by atoms with van der Waals surface area (Å²) in [6.07, 6.45) is -18.0. The SMILES string of the molecule is COC(=O)C1=COC(OC2OC(CO)C(O)C(O)C2O)/C(=C\CO)C1CC(=O)OC/C=C1\C(OC2OC(CO)C(O)C(O)C2O)OC=C(C(=O)OC)C1CC(=O)OCCc1ccc(O)c(O)c1. The molecule has 4 heterocycles. The van der Waals surface area contributed by atoms with Crippen molar-refractivity contribution in [2.24, 2.45) is 11.8 Å². The Morgan fingerprint density at radius 2 is 1.10 bits per heavy atom. The van der Waals surface area contributed by atoms with Crippen LogP contribution in [0, 0.1) is 11.8 Å². The van der Waals surface area contributed by atoms with E-state index in [1.54, 1.807) is 0 Å². The molecule has 0 bridgehead atoms. The number of phenolic OH excluding ortho intramolecular Hbond substituents is 2. The van der Waals surface area contributed by atoms with Crippen LogP contribution in [0.3, 0.4) is 0 Å². The summed E-state index contributed by atoms with van der Waals surface area (Å²) in [6.45, 7) is -3.26. The van der Waals surface area contributed by atoms with E-state index in [-0.39, 0.29) is 41.1 Å². The minimum atomic E-state index is -1.94. The number of benzene rings is 1. The fourth-order valence-corrected chi connectivity index (χ4v) is 7.45. The van der Waals surface area contributed by atoms with Gasteiger partial charge in [0, 0.05) is 29.4 Å². The summed E-state index contributed by atoms with van der Waals surface area (Å²) in [5.74, 6) is -7.36. The van der Waals surface area contributed by atoms with Crippen LogP contribution in [-0.4, -0.2) is 201 Å². The maximum Gasteiger partial charge on any atom is 0.337 e. The molecule has 25 heteroatoms. The summed E-state index contributed by atoms with van der Waals surface area (Å²) < 4.78 is 54.4. The average molecular weight is 959 g/mol. The second kappa shape index (κ2) is 24.2. The molecule has 2 fully saturated rings. The van der Waals surface area contributed by atoms with Crippen LogP contribution in [0.1, 0.15) is 18.4 Å². The number of hydrogen-bond acceptors (Lipinski definition) is 25. The van der Waals surface area contributed by atoms with Gasteiger partial charge in [-0.3, -0.25) is 9.59 Å². The predicted molar refractivity (Wildman–Crippen MR) is 215 cm³/mol. The van der Waals surface area contributed by atoms with E-state index in [2.05, 4.69) is 0 Å². The summed E-state index contributed by atoms with van der Waals surface area (Å²) in [5, 5.41) is 111. The highest BCUT2D eigenvalue weighted by Gasteiger charge is 2.49. The molecule has 1 aromatic rings. The second-order valence-corrected chi connectivity index (χ2v) is 15.3. The molecule has 4 aliphatic rings. The standard InChI is InChI=1S/C42H54O25/c1-58-37(56)23-16-62-39(66-41-35(54)33(52)31(50)27(14-44)64-41)19(5-8-43)21(23)12-30(49)61-10-7-20-22(13-29(48)60-9-6-18-3-4-25(46)26(47)11-18)24(38(57)59-2)17-63-40(20)67-42-36(55)34(53)32(51)28(15-45)65-42/h3-5,7,11,16-17,21-22,27-28,31-36,39-47,50-55H,6,8-10,12-15H2,1-2H3/b19-5-,20-7-. The Balaban J connectivity index is 1.40. The van der Waals surface area contributed by atoms with Crippen molar-refractivity contribution in [3.8, 4) is 11.5 Å². The molecule has 4 aliphatic heterocycles. The number of ether oxygens (including phenoxy) is 10. The van der Waals surface area contributed by atoms with Crippen LogP contribution in [0.5, 0.6) is 11.5 Å². The number of rotatable bonds is 18. The maximum atomic E-state index is 13.7. The van der Waals surface area contributed by atoms with Gasteiger partial charge in [-0.05, 0) is 23.8 Å². The number of aliphatic hydroxyl groups is 9. The molecule has 0 amide bonds. The fourth-order valence-electron chi connectivity index (χ4n) is 7.45. The van der Waals surface area contributed by atoms with Crippen LogP contribution < -0.4 is 0 Å². The first-order valence-electron chi connectivity index (χ1n) is 20.6. The Bertz CT molecular complexity index is 2010. The third kappa shape index (κ3) is 12.6. The van der Waals surface area contributed by atoms with Crippen molar-refractivity contribution in [2.45, 2.75) is 93.3 Å². The van der Waals surface area contributed by atoms with Gasteiger partial charge in [-0.2, -0.15) is 0 Å². The van der Waals surface area contributed by atoms with E-state index >= 15 is 0 Å². The summed E-state index contributed by atoms with van der Waals surface area (Å²) in [6, 6.07) is 3.98. The molecule has 67 heavy (non-hydrogen) atoms. The average Bonchev–Trinajstić information content (AvgIpc) is 3.31. The number of hydrogen-bond donors (Lipinski definition) is 11. The number of esters is 4. The molecule has 14 unspecified atom stereocenters. The number of aromatic hydroxyl groups is 2. The fraction of sp³-hybridized carbons (Fsp3) is 0.571. The van der Waals surface area contributed by atoms with Gasteiger partial charge in [0.2, 0.25) is 12.6 Å². The molecule has 2 saturated heterocycles. The largest absolute Gasteiger partial charge is 0.504 e. The van der Waals surface area contributed by atoms with E-state index in [9.17, 15) is 75.3 Å². The minimum Gasteiger partial charge on any atom is -0.504 e. The van der Waals surface area contributed by atoms with Gasteiger partial charge in [0.25, 0.3) is 0 Å². The topological polar surface area (TPSA) is 383 Å². The van der Waals surface area contributed by atoms with Crippen molar-refractivity contribution < 1.29 is 123 Å². The third-order valence-electron chi connectivity index (χ3n) is 11.1. The Labute approximate surface area is 380 Å². The molecule has 0 spiro atoms. The number of carbonyl (C=O) groups excluding carboxylic acids is 4. The number of carbonyl (C=O) groups is 4. The van der Waals surface area contributed by atoms with Crippen LogP contribution >= 0.6 is 0 Å². The molecule has 25 nitrogen and oxygen atoms in total. The van der Waals surface area contributed by atoms with E-state index in [4.69, 9.17) is 47.4 Å². The first kappa shape index (κ1) is 52.7. The summed E-state index contributed by atoms with van der Waals surface area (Å²) >= 11 is 0. The molecule has 11 N–H and O–H groups in total. The lowest BCUT2D eigenvalue weighted by Gasteiger charge is -2.42. The Morgan fingerprint density at radius 1 is 0.627 bits per heavy atom. The van der Waals surface area contributed by atoms with Crippen molar-refractivity contribution in [2.75, 3.05) is 47.3 Å². The zero-order valence-corrected chi connectivity index (χ0v) is 35.9. The summed E-state index contributed by atoms with van der Waals surface area (Å²) in [7, 11) is 2.08. The first-order valence-corrected chi connectivity index (χ1v) is 20.6. The van der Waals surface area contributed by atoms with Gasteiger partial charge in [0.05, 0.1) is 77.2 Å². The molecule has 14 atom stereocenters. The molecule has 0 aliphatic carbocycles. The molecule has 0 radical (unpaired) electrons. The third-order valence-corrected chi connectivity index (χ3v) is 11.1. The van der Waals surface area contributed by atoms with E-state index in [0.29, 0.717) is 5.56 Å². The van der Waals surface area contributed by atoms with Crippen molar-refractivity contribution in [3.05, 3.63) is 70.7 Å². The lowest BCUT2D eigenvalue weighted by Crippen LogP contribution is -2.60. The normalized spacial score (nSPS) is 33.1. The Hall–Kier alpha value is -5.26. The monoisotopic (exact) mass is 958 g/mol. The van der Waals surface area contributed by atoms with Crippen molar-refractivity contribution in [1.29, 1.82) is 0 Å². The van der Waals surface area contributed by atoms with Crippen molar-refractivity contribution in [1.82, 2.24) is 0 Å². The van der Waals surface area contributed by atoms with Gasteiger partial charge in [0.15, 0.2) is 24.1 Å². The maximum absolute atomic E-state index is 13.7. The zero-order valence-electron chi connectivity index (χ0n) is 35.9. The van der Waals surface area contributed by atoms with E-state index in [1.807, 2.05) is 0 Å². The molecule has 5 rings (SSSR count). The summed E-state index contributed by atoms with van der Waals surface area (Å²) in [4.78, 5) is 53.1. The van der Waals surface area contributed by atoms with Crippen LogP contribution in [0.2, 0.25) is 0 Å². The predicted octanol–water partition coefficient (Wildman–Crippen LogP) is -3.96. The van der Waals surface area contributed by atoms with Crippen LogP contribution in [0.4, 0.5) is 0 Å².